The number of aryl methyl sites for hydroxylation is 2. The van der Waals surface area contributed by atoms with Crippen molar-refractivity contribution in [3.8, 4) is 0 Å². The van der Waals surface area contributed by atoms with Gasteiger partial charge in [0.05, 0.1) is 6.54 Å². The van der Waals surface area contributed by atoms with Gasteiger partial charge in [-0.05, 0) is 49.7 Å². The van der Waals surface area contributed by atoms with Gasteiger partial charge in [-0.2, -0.15) is 0 Å². The van der Waals surface area contributed by atoms with Crippen molar-refractivity contribution in [2.45, 2.75) is 13.8 Å². The summed E-state index contributed by atoms with van der Waals surface area (Å²) in [4.78, 5) is 23.5. The van der Waals surface area contributed by atoms with Crippen LogP contribution in [0.5, 0.6) is 0 Å². The second kappa shape index (κ2) is 7.40. The molecule has 0 aliphatic heterocycles. The van der Waals surface area contributed by atoms with Crippen LogP contribution in [0.1, 0.15) is 21.5 Å². The Balaban J connectivity index is 1.81. The fourth-order valence-corrected chi connectivity index (χ4v) is 2.03. The molecule has 0 aliphatic rings. The average molecular weight is 315 g/mol. The van der Waals surface area contributed by atoms with Crippen LogP contribution in [0.15, 0.2) is 42.5 Å². The van der Waals surface area contributed by atoms with Gasteiger partial charge in [-0.15, -0.1) is 0 Å². The normalized spacial score (nSPS) is 10.0. The Morgan fingerprint density at radius 3 is 2.35 bits per heavy atom. The number of amides is 2. The number of halogens is 1. The molecule has 0 spiro atoms. The summed E-state index contributed by atoms with van der Waals surface area (Å²) >= 11 is 0. The maximum atomic E-state index is 12.8. The third-order valence-corrected chi connectivity index (χ3v) is 3.24. The number of nitrogens with one attached hydrogen (secondary N) is 3. The van der Waals surface area contributed by atoms with Crippen LogP contribution in [0.4, 0.5) is 10.1 Å². The van der Waals surface area contributed by atoms with Gasteiger partial charge in [-0.3, -0.25) is 20.4 Å². The van der Waals surface area contributed by atoms with Crippen LogP contribution in [0, 0.1) is 19.7 Å². The first-order valence-corrected chi connectivity index (χ1v) is 7.11. The molecule has 2 aromatic carbocycles. The van der Waals surface area contributed by atoms with E-state index in [9.17, 15) is 14.0 Å². The van der Waals surface area contributed by atoms with Crippen molar-refractivity contribution in [2.24, 2.45) is 0 Å². The minimum Gasteiger partial charge on any atom is -0.376 e. The van der Waals surface area contributed by atoms with Crippen molar-refractivity contribution in [1.29, 1.82) is 0 Å². The second-order valence-corrected chi connectivity index (χ2v) is 5.18. The number of hydrazine groups is 1. The molecule has 0 radical (unpaired) electrons. The van der Waals surface area contributed by atoms with Gasteiger partial charge >= 0.3 is 0 Å². The molecule has 2 rings (SSSR count). The molecule has 0 saturated carbocycles. The molecule has 0 unspecified atom stereocenters. The number of hydrogen-bond acceptors (Lipinski definition) is 3. The van der Waals surface area contributed by atoms with E-state index in [1.165, 1.54) is 24.3 Å². The molecule has 0 saturated heterocycles. The average Bonchev–Trinajstić information content (AvgIpc) is 2.52. The van der Waals surface area contributed by atoms with Crippen LogP contribution in [-0.4, -0.2) is 18.4 Å². The maximum absolute atomic E-state index is 12.8. The molecular weight excluding hydrogens is 297 g/mol. The summed E-state index contributed by atoms with van der Waals surface area (Å²) < 4.78 is 12.8. The van der Waals surface area contributed by atoms with Gasteiger partial charge in [0.2, 0.25) is 0 Å². The Morgan fingerprint density at radius 2 is 1.70 bits per heavy atom. The molecule has 2 aromatic rings. The largest absolute Gasteiger partial charge is 0.376 e. The highest BCUT2D eigenvalue weighted by atomic mass is 19.1. The van der Waals surface area contributed by atoms with Crippen molar-refractivity contribution < 1.29 is 14.0 Å². The number of benzene rings is 2. The van der Waals surface area contributed by atoms with Crippen LogP contribution in [-0.2, 0) is 4.79 Å². The summed E-state index contributed by atoms with van der Waals surface area (Å²) in [5.41, 5.74) is 7.87. The van der Waals surface area contributed by atoms with E-state index in [0.29, 0.717) is 0 Å². The lowest BCUT2D eigenvalue weighted by molar-refractivity contribution is -0.120. The molecule has 2 amide bonds. The van der Waals surface area contributed by atoms with Crippen LogP contribution in [0.2, 0.25) is 0 Å². The van der Waals surface area contributed by atoms with E-state index < -0.39 is 11.7 Å². The zero-order valence-corrected chi connectivity index (χ0v) is 12.9. The van der Waals surface area contributed by atoms with E-state index in [2.05, 4.69) is 16.2 Å². The SMILES string of the molecule is Cc1ccc(NCC(=O)NNC(=O)c2ccc(F)cc2)c(C)c1. The molecule has 6 heteroatoms. The van der Waals surface area contributed by atoms with Crippen molar-refractivity contribution in [3.63, 3.8) is 0 Å². The summed E-state index contributed by atoms with van der Waals surface area (Å²) in [5.74, 6) is -1.33. The second-order valence-electron chi connectivity index (χ2n) is 5.18. The van der Waals surface area contributed by atoms with E-state index in [0.717, 1.165) is 16.8 Å². The molecule has 0 aromatic heterocycles. The fraction of sp³-hybridized carbons (Fsp3) is 0.176. The summed E-state index contributed by atoms with van der Waals surface area (Å²) in [6.45, 7) is 3.96. The highest BCUT2D eigenvalue weighted by Gasteiger charge is 2.07. The van der Waals surface area contributed by atoms with Crippen LogP contribution >= 0.6 is 0 Å². The van der Waals surface area contributed by atoms with Crippen molar-refractivity contribution in [1.82, 2.24) is 10.9 Å². The predicted molar refractivity (Wildman–Crippen MR) is 86.4 cm³/mol. The first kappa shape index (κ1) is 16.5. The number of rotatable bonds is 4. The lowest BCUT2D eigenvalue weighted by Crippen LogP contribution is -2.44. The molecule has 0 atom stereocenters. The van der Waals surface area contributed by atoms with Gasteiger partial charge in [-0.1, -0.05) is 17.7 Å². The Morgan fingerprint density at radius 1 is 1.00 bits per heavy atom. The predicted octanol–water partition coefficient (Wildman–Crippen LogP) is 2.32. The zero-order chi connectivity index (χ0) is 16.8. The molecule has 0 aliphatic carbocycles. The van der Waals surface area contributed by atoms with Crippen LogP contribution < -0.4 is 16.2 Å². The third-order valence-electron chi connectivity index (χ3n) is 3.24. The van der Waals surface area contributed by atoms with Gasteiger partial charge in [0.15, 0.2) is 0 Å². The summed E-state index contributed by atoms with van der Waals surface area (Å²) in [5, 5.41) is 3.00. The highest BCUT2D eigenvalue weighted by Crippen LogP contribution is 2.15. The molecule has 23 heavy (non-hydrogen) atoms. The molecular formula is C17H18FN3O2. The molecule has 5 nitrogen and oxygen atoms in total. The Labute approximate surface area is 133 Å². The van der Waals surface area contributed by atoms with Gasteiger partial charge in [0, 0.05) is 11.3 Å². The highest BCUT2D eigenvalue weighted by molar-refractivity contribution is 5.95. The van der Waals surface area contributed by atoms with Crippen molar-refractivity contribution in [2.75, 3.05) is 11.9 Å². The Hall–Kier alpha value is -2.89. The number of hydrogen-bond donors (Lipinski definition) is 3. The van der Waals surface area contributed by atoms with E-state index in [-0.39, 0.29) is 18.0 Å². The van der Waals surface area contributed by atoms with E-state index in [1.54, 1.807) is 0 Å². The lowest BCUT2D eigenvalue weighted by Gasteiger charge is -2.11. The topological polar surface area (TPSA) is 70.2 Å². The Kier molecular flexibility index (Phi) is 5.30. The molecule has 0 fully saturated rings. The standard InChI is InChI=1S/C17H18FN3O2/c1-11-3-8-15(12(2)9-11)19-10-16(22)20-21-17(23)13-4-6-14(18)7-5-13/h3-9,19H,10H2,1-2H3,(H,20,22)(H,21,23). The Bertz CT molecular complexity index is 714. The molecule has 120 valence electrons. The summed E-state index contributed by atoms with van der Waals surface area (Å²) in [7, 11) is 0. The smallest absolute Gasteiger partial charge is 0.269 e. The number of anilines is 1. The molecule has 0 heterocycles. The monoisotopic (exact) mass is 315 g/mol. The van der Waals surface area contributed by atoms with Gasteiger partial charge in [-0.25, -0.2) is 4.39 Å². The lowest BCUT2D eigenvalue weighted by atomic mass is 10.1. The number of carbonyl (C=O) groups excluding carboxylic acids is 2. The van der Waals surface area contributed by atoms with Crippen LogP contribution in [0.3, 0.4) is 0 Å². The van der Waals surface area contributed by atoms with Crippen molar-refractivity contribution >= 4 is 17.5 Å². The van der Waals surface area contributed by atoms with Crippen LogP contribution in [0.25, 0.3) is 0 Å². The van der Waals surface area contributed by atoms with E-state index in [4.69, 9.17) is 0 Å². The first-order chi connectivity index (χ1) is 11.0. The van der Waals surface area contributed by atoms with E-state index >= 15 is 0 Å². The summed E-state index contributed by atoms with van der Waals surface area (Å²) in [6.07, 6.45) is 0. The number of carbonyl (C=O) groups is 2. The third kappa shape index (κ3) is 4.81. The van der Waals surface area contributed by atoms with E-state index in [1.807, 2.05) is 32.0 Å². The first-order valence-electron chi connectivity index (χ1n) is 7.11. The van der Waals surface area contributed by atoms with Gasteiger partial charge in [0.1, 0.15) is 5.82 Å². The summed E-state index contributed by atoms with van der Waals surface area (Å²) in [6, 6.07) is 10.9. The quantitative estimate of drug-likeness (QED) is 0.758. The van der Waals surface area contributed by atoms with Crippen molar-refractivity contribution in [3.05, 3.63) is 65.0 Å². The minimum absolute atomic E-state index is 0.0214. The fourth-order valence-electron chi connectivity index (χ4n) is 2.03. The molecule has 3 N–H and O–H groups in total. The molecule has 0 bridgehead atoms. The van der Waals surface area contributed by atoms with Gasteiger partial charge in [0.25, 0.3) is 11.8 Å². The maximum Gasteiger partial charge on any atom is 0.269 e. The minimum atomic E-state index is -0.509. The van der Waals surface area contributed by atoms with Gasteiger partial charge < -0.3 is 5.32 Å². The zero-order valence-electron chi connectivity index (χ0n) is 12.9.